The molecule has 1 aliphatic heterocycles. The van der Waals surface area contributed by atoms with Crippen molar-refractivity contribution in [3.63, 3.8) is 0 Å². The Balaban J connectivity index is 1.78. The Morgan fingerprint density at radius 1 is 1.18 bits per heavy atom. The van der Waals surface area contributed by atoms with Crippen LogP contribution >= 0.6 is 11.6 Å². The lowest BCUT2D eigenvalue weighted by molar-refractivity contribution is -0.135. The molecule has 0 saturated carbocycles. The van der Waals surface area contributed by atoms with Gasteiger partial charge in [0, 0.05) is 13.1 Å². The summed E-state index contributed by atoms with van der Waals surface area (Å²) >= 11 is 6.16. The lowest BCUT2D eigenvalue weighted by Gasteiger charge is -2.30. The first-order chi connectivity index (χ1) is 15.7. The van der Waals surface area contributed by atoms with Crippen LogP contribution in [-0.2, 0) is 19.6 Å². The summed E-state index contributed by atoms with van der Waals surface area (Å²) in [5, 5.41) is 0.0354. The number of ether oxygens (including phenoxy) is 1. The monoisotopic (exact) mass is 490 g/mol. The smallest absolute Gasteiger partial charge is 0.340 e. The average Bonchev–Trinajstić information content (AvgIpc) is 2.81. The largest absolute Gasteiger partial charge is 0.452 e. The fourth-order valence-corrected chi connectivity index (χ4v) is 5.21. The molecule has 7 nitrogen and oxygen atoms in total. The van der Waals surface area contributed by atoms with Gasteiger partial charge in [0.15, 0.2) is 6.61 Å². The van der Waals surface area contributed by atoms with Gasteiger partial charge < -0.3 is 9.64 Å². The molecule has 0 bridgehead atoms. The molecule has 0 radical (unpaired) electrons. The SMILES string of the molecule is C=CCN(c1ccccc1)S(=O)(=O)c1ccc(Cl)c(C(=O)OCC(=O)N2CCC(C)CC2)c1. The Hall–Kier alpha value is -2.84. The van der Waals surface area contributed by atoms with E-state index in [9.17, 15) is 18.0 Å². The van der Waals surface area contributed by atoms with Crippen LogP contribution in [0.2, 0.25) is 5.02 Å². The van der Waals surface area contributed by atoms with Gasteiger partial charge in [-0.25, -0.2) is 13.2 Å². The quantitative estimate of drug-likeness (QED) is 0.410. The van der Waals surface area contributed by atoms with Gasteiger partial charge in [0.1, 0.15) is 0 Å². The van der Waals surface area contributed by atoms with E-state index in [2.05, 4.69) is 13.5 Å². The number of sulfonamides is 1. The Labute approximate surface area is 199 Å². The van der Waals surface area contributed by atoms with Crippen molar-refractivity contribution in [1.29, 1.82) is 0 Å². The lowest BCUT2D eigenvalue weighted by Crippen LogP contribution is -2.40. The second kappa shape index (κ2) is 10.9. The van der Waals surface area contributed by atoms with Crippen LogP contribution in [0, 0.1) is 5.92 Å². The van der Waals surface area contributed by atoms with E-state index < -0.39 is 22.6 Å². The zero-order valence-corrected chi connectivity index (χ0v) is 20.0. The Kier molecular flexibility index (Phi) is 8.15. The van der Waals surface area contributed by atoms with E-state index in [1.165, 1.54) is 28.6 Å². The van der Waals surface area contributed by atoms with E-state index in [0.29, 0.717) is 24.7 Å². The standard InChI is InChI=1S/C24H27ClN2O5S/c1-3-13-27(19-7-5-4-6-8-19)33(30,31)20-9-10-22(25)21(16-20)24(29)32-17-23(28)26-14-11-18(2)12-15-26/h3-10,16,18H,1,11-15,17H2,2H3. The molecule has 2 aromatic carbocycles. The first-order valence-electron chi connectivity index (χ1n) is 10.7. The molecule has 33 heavy (non-hydrogen) atoms. The number of carbonyl (C=O) groups is 2. The van der Waals surface area contributed by atoms with E-state index in [-0.39, 0.29) is 27.9 Å². The molecular formula is C24H27ClN2O5S. The van der Waals surface area contributed by atoms with Crippen molar-refractivity contribution in [3.8, 4) is 0 Å². The maximum Gasteiger partial charge on any atom is 0.340 e. The number of likely N-dealkylation sites (tertiary alicyclic amines) is 1. The Bertz CT molecular complexity index is 1110. The summed E-state index contributed by atoms with van der Waals surface area (Å²) < 4.78 is 33.0. The molecule has 1 heterocycles. The van der Waals surface area contributed by atoms with E-state index in [1.807, 2.05) is 0 Å². The molecule has 0 spiro atoms. The van der Waals surface area contributed by atoms with E-state index in [0.717, 1.165) is 12.8 Å². The zero-order valence-electron chi connectivity index (χ0n) is 18.4. The van der Waals surface area contributed by atoms with Crippen LogP contribution in [0.15, 0.2) is 66.1 Å². The van der Waals surface area contributed by atoms with Crippen LogP contribution in [0.4, 0.5) is 5.69 Å². The number of para-hydroxylation sites is 1. The Morgan fingerprint density at radius 3 is 2.48 bits per heavy atom. The van der Waals surface area contributed by atoms with Gasteiger partial charge in [0.05, 0.1) is 27.7 Å². The summed E-state index contributed by atoms with van der Waals surface area (Å²) in [6.07, 6.45) is 3.30. The van der Waals surface area contributed by atoms with Crippen molar-refractivity contribution in [2.75, 3.05) is 30.5 Å². The van der Waals surface area contributed by atoms with Gasteiger partial charge in [-0.15, -0.1) is 6.58 Å². The highest BCUT2D eigenvalue weighted by Crippen LogP contribution is 2.27. The normalized spacial score (nSPS) is 14.5. The molecule has 0 atom stereocenters. The number of halogens is 1. The molecule has 176 valence electrons. The summed E-state index contributed by atoms with van der Waals surface area (Å²) in [5.41, 5.74) is 0.336. The summed E-state index contributed by atoms with van der Waals surface area (Å²) in [7, 11) is -4.02. The number of rotatable bonds is 8. The molecule has 3 rings (SSSR count). The number of anilines is 1. The van der Waals surface area contributed by atoms with Gasteiger partial charge in [0.2, 0.25) is 0 Å². The van der Waals surface area contributed by atoms with Crippen molar-refractivity contribution >= 4 is 39.2 Å². The highest BCUT2D eigenvalue weighted by Gasteiger charge is 2.27. The highest BCUT2D eigenvalue weighted by atomic mass is 35.5. The molecule has 0 aromatic heterocycles. The summed E-state index contributed by atoms with van der Waals surface area (Å²) in [6, 6.07) is 12.4. The van der Waals surface area contributed by atoms with Crippen LogP contribution in [0.5, 0.6) is 0 Å². The van der Waals surface area contributed by atoms with Gasteiger partial charge in [-0.3, -0.25) is 9.10 Å². The number of benzene rings is 2. The summed E-state index contributed by atoms with van der Waals surface area (Å²) in [6.45, 7) is 6.65. The first-order valence-corrected chi connectivity index (χ1v) is 12.5. The molecule has 9 heteroatoms. The Morgan fingerprint density at radius 2 is 1.85 bits per heavy atom. The topological polar surface area (TPSA) is 84.0 Å². The summed E-state index contributed by atoms with van der Waals surface area (Å²) in [5.74, 6) is -0.571. The van der Waals surface area contributed by atoms with Gasteiger partial charge >= 0.3 is 5.97 Å². The maximum atomic E-state index is 13.3. The minimum absolute atomic E-state index is 0.0354. The van der Waals surface area contributed by atoms with Gasteiger partial charge in [-0.05, 0) is 49.1 Å². The number of piperidine rings is 1. The van der Waals surface area contributed by atoms with Crippen LogP contribution in [0.3, 0.4) is 0 Å². The van der Waals surface area contributed by atoms with Gasteiger partial charge in [-0.2, -0.15) is 0 Å². The molecule has 1 saturated heterocycles. The maximum absolute atomic E-state index is 13.3. The number of nitrogens with zero attached hydrogens (tertiary/aromatic N) is 2. The molecule has 0 aliphatic carbocycles. The molecule has 0 N–H and O–H groups in total. The zero-order chi connectivity index (χ0) is 24.0. The fraction of sp³-hybridized carbons (Fsp3) is 0.333. The van der Waals surface area contributed by atoms with Crippen molar-refractivity contribution in [3.05, 3.63) is 71.8 Å². The minimum Gasteiger partial charge on any atom is -0.452 e. The van der Waals surface area contributed by atoms with Gasteiger partial charge in [0.25, 0.3) is 15.9 Å². The van der Waals surface area contributed by atoms with Crippen LogP contribution < -0.4 is 4.31 Å². The van der Waals surface area contributed by atoms with E-state index >= 15 is 0 Å². The molecule has 1 amide bonds. The average molecular weight is 491 g/mol. The van der Waals surface area contributed by atoms with Crippen LogP contribution in [0.25, 0.3) is 0 Å². The number of hydrogen-bond acceptors (Lipinski definition) is 5. The van der Waals surface area contributed by atoms with E-state index in [4.69, 9.17) is 16.3 Å². The molecular weight excluding hydrogens is 464 g/mol. The number of amides is 1. The second-order valence-corrected chi connectivity index (χ2v) is 10.2. The highest BCUT2D eigenvalue weighted by molar-refractivity contribution is 7.92. The number of carbonyl (C=O) groups excluding carboxylic acids is 2. The lowest BCUT2D eigenvalue weighted by atomic mass is 9.99. The van der Waals surface area contributed by atoms with Crippen LogP contribution in [0.1, 0.15) is 30.1 Å². The predicted molar refractivity (Wildman–Crippen MR) is 128 cm³/mol. The number of esters is 1. The number of hydrogen-bond donors (Lipinski definition) is 0. The molecule has 1 fully saturated rings. The van der Waals surface area contributed by atoms with Crippen LogP contribution in [-0.4, -0.2) is 51.4 Å². The molecule has 0 unspecified atom stereocenters. The third-order valence-electron chi connectivity index (χ3n) is 5.55. The minimum atomic E-state index is -4.02. The van der Waals surface area contributed by atoms with Crippen molar-refractivity contribution in [2.45, 2.75) is 24.7 Å². The molecule has 2 aromatic rings. The summed E-state index contributed by atoms with van der Waals surface area (Å²) in [4.78, 5) is 26.6. The van der Waals surface area contributed by atoms with Crippen molar-refractivity contribution < 1.29 is 22.7 Å². The van der Waals surface area contributed by atoms with Gasteiger partial charge in [-0.1, -0.05) is 42.8 Å². The first kappa shape index (κ1) is 24.8. The predicted octanol–water partition coefficient (Wildman–Crippen LogP) is 4.14. The van der Waals surface area contributed by atoms with Crippen molar-refractivity contribution in [2.24, 2.45) is 5.92 Å². The van der Waals surface area contributed by atoms with E-state index in [1.54, 1.807) is 35.2 Å². The third kappa shape index (κ3) is 5.94. The second-order valence-electron chi connectivity index (χ2n) is 7.94. The van der Waals surface area contributed by atoms with Crippen molar-refractivity contribution in [1.82, 2.24) is 4.90 Å². The third-order valence-corrected chi connectivity index (χ3v) is 7.67. The molecule has 1 aliphatic rings. The fourth-order valence-electron chi connectivity index (χ4n) is 3.56.